The average molecular weight is 310 g/mol. The van der Waals surface area contributed by atoms with Crippen molar-refractivity contribution >= 4 is 11.8 Å². The Morgan fingerprint density at radius 1 is 1.27 bits per heavy atom. The monoisotopic (exact) mass is 310 g/mol. The van der Waals surface area contributed by atoms with E-state index < -0.39 is 0 Å². The molecule has 2 heterocycles. The number of furan rings is 1. The third kappa shape index (κ3) is 2.63. The van der Waals surface area contributed by atoms with Crippen molar-refractivity contribution in [1.29, 1.82) is 5.26 Å². The van der Waals surface area contributed by atoms with Gasteiger partial charge in [0.15, 0.2) is 11.0 Å². The Labute approximate surface area is 132 Å². The van der Waals surface area contributed by atoms with E-state index in [1.54, 1.807) is 18.0 Å². The molecule has 0 aliphatic heterocycles. The molecule has 3 aromatic rings. The zero-order valence-corrected chi connectivity index (χ0v) is 13.1. The smallest absolute Gasteiger partial charge is 0.191 e. The van der Waals surface area contributed by atoms with Crippen LogP contribution < -0.4 is 0 Å². The van der Waals surface area contributed by atoms with Crippen LogP contribution in [0.15, 0.2) is 46.2 Å². The fourth-order valence-corrected chi connectivity index (χ4v) is 3.10. The summed E-state index contributed by atoms with van der Waals surface area (Å²) < 4.78 is 7.26. The van der Waals surface area contributed by atoms with Crippen LogP contribution in [0.1, 0.15) is 16.9 Å². The quantitative estimate of drug-likeness (QED) is 0.689. The molecular weight excluding hydrogens is 296 g/mol. The lowest BCUT2D eigenvalue weighted by atomic mass is 10.1. The molecule has 0 N–H and O–H groups in total. The molecule has 1 aromatic carbocycles. The van der Waals surface area contributed by atoms with Gasteiger partial charge in [0.2, 0.25) is 0 Å². The first-order valence-corrected chi connectivity index (χ1v) is 7.74. The molecule has 6 heteroatoms. The van der Waals surface area contributed by atoms with Crippen LogP contribution in [0.3, 0.4) is 0 Å². The van der Waals surface area contributed by atoms with Gasteiger partial charge in [-0.2, -0.15) is 5.26 Å². The lowest BCUT2D eigenvalue weighted by molar-refractivity contribution is 0.534. The lowest BCUT2D eigenvalue weighted by Crippen LogP contribution is -1.95. The minimum Gasteiger partial charge on any atom is -0.469 e. The summed E-state index contributed by atoms with van der Waals surface area (Å²) in [6.45, 7) is 1.90. The van der Waals surface area contributed by atoms with Gasteiger partial charge in [0.1, 0.15) is 5.76 Å². The Morgan fingerprint density at radius 2 is 2.09 bits per heavy atom. The minimum absolute atomic E-state index is 0.681. The molecule has 22 heavy (non-hydrogen) atoms. The van der Waals surface area contributed by atoms with Crippen molar-refractivity contribution in [2.24, 2.45) is 7.05 Å². The van der Waals surface area contributed by atoms with E-state index >= 15 is 0 Å². The highest BCUT2D eigenvalue weighted by atomic mass is 32.2. The van der Waals surface area contributed by atoms with Crippen molar-refractivity contribution in [2.45, 2.75) is 17.8 Å². The molecule has 0 radical (unpaired) electrons. The van der Waals surface area contributed by atoms with Crippen LogP contribution in [0, 0.1) is 18.3 Å². The summed E-state index contributed by atoms with van der Waals surface area (Å²) in [5.74, 6) is 2.28. The van der Waals surface area contributed by atoms with E-state index in [1.165, 1.54) is 0 Å². The molecule has 0 amide bonds. The first-order valence-electron chi connectivity index (χ1n) is 6.75. The number of rotatable bonds is 4. The molecule has 3 rings (SSSR count). The molecule has 5 nitrogen and oxygen atoms in total. The Kier molecular flexibility index (Phi) is 3.98. The number of aryl methyl sites for hydroxylation is 1. The maximum Gasteiger partial charge on any atom is 0.191 e. The summed E-state index contributed by atoms with van der Waals surface area (Å²) in [6, 6.07) is 11.7. The summed E-state index contributed by atoms with van der Waals surface area (Å²) >= 11 is 1.56. The van der Waals surface area contributed by atoms with Gasteiger partial charge < -0.3 is 8.98 Å². The van der Waals surface area contributed by atoms with Crippen LogP contribution in [-0.2, 0) is 12.8 Å². The third-order valence-corrected chi connectivity index (χ3v) is 4.50. The first kappa shape index (κ1) is 14.4. The number of hydrogen-bond donors (Lipinski definition) is 0. The highest BCUT2D eigenvalue weighted by molar-refractivity contribution is 7.98. The van der Waals surface area contributed by atoms with E-state index in [2.05, 4.69) is 16.3 Å². The molecular formula is C16H14N4OS. The van der Waals surface area contributed by atoms with Crippen LogP contribution in [-0.4, -0.2) is 14.8 Å². The molecule has 0 saturated heterocycles. The van der Waals surface area contributed by atoms with Gasteiger partial charge in [-0.3, -0.25) is 0 Å². The zero-order chi connectivity index (χ0) is 15.5. The largest absolute Gasteiger partial charge is 0.469 e. The van der Waals surface area contributed by atoms with Gasteiger partial charge in [0, 0.05) is 12.8 Å². The second-order valence-corrected chi connectivity index (χ2v) is 5.76. The van der Waals surface area contributed by atoms with E-state index in [4.69, 9.17) is 9.68 Å². The van der Waals surface area contributed by atoms with Gasteiger partial charge in [0.25, 0.3) is 0 Å². The van der Waals surface area contributed by atoms with Gasteiger partial charge in [0.05, 0.1) is 23.5 Å². The number of hydrogen-bond acceptors (Lipinski definition) is 5. The van der Waals surface area contributed by atoms with Gasteiger partial charge in [-0.05, 0) is 24.6 Å². The van der Waals surface area contributed by atoms with E-state index in [9.17, 15) is 0 Å². The minimum atomic E-state index is 0.681. The van der Waals surface area contributed by atoms with Crippen LogP contribution in [0.4, 0.5) is 0 Å². The SMILES string of the molecule is Cc1occc1-c1nnc(SCc2ccccc2C#N)n1C. The highest BCUT2D eigenvalue weighted by Gasteiger charge is 2.15. The molecule has 0 aliphatic carbocycles. The second kappa shape index (κ2) is 6.08. The molecule has 0 saturated carbocycles. The Bertz CT molecular complexity index is 844. The predicted octanol–water partition coefficient (Wildman–Crippen LogP) is 3.55. The number of aromatic nitrogens is 3. The molecule has 0 fully saturated rings. The standard InChI is InChI=1S/C16H14N4OS/c1-11-14(7-8-21-11)15-18-19-16(20(15)2)22-10-13-6-4-3-5-12(13)9-17/h3-8H,10H2,1-2H3. The van der Waals surface area contributed by atoms with Gasteiger partial charge in [-0.1, -0.05) is 30.0 Å². The molecule has 110 valence electrons. The summed E-state index contributed by atoms with van der Waals surface area (Å²) in [6.07, 6.45) is 1.65. The topological polar surface area (TPSA) is 67.6 Å². The Balaban J connectivity index is 1.82. The fraction of sp³-hybridized carbons (Fsp3) is 0.188. The number of nitriles is 1. The normalized spacial score (nSPS) is 10.6. The molecule has 0 spiro atoms. The van der Waals surface area contributed by atoms with E-state index in [0.717, 1.165) is 27.9 Å². The zero-order valence-electron chi connectivity index (χ0n) is 12.3. The van der Waals surface area contributed by atoms with E-state index in [-0.39, 0.29) is 0 Å². The van der Waals surface area contributed by atoms with Crippen LogP contribution in [0.25, 0.3) is 11.4 Å². The third-order valence-electron chi connectivity index (χ3n) is 3.43. The summed E-state index contributed by atoms with van der Waals surface area (Å²) in [5.41, 5.74) is 2.64. The van der Waals surface area contributed by atoms with E-state index in [0.29, 0.717) is 11.3 Å². The lowest BCUT2D eigenvalue weighted by Gasteiger charge is -2.04. The van der Waals surface area contributed by atoms with Gasteiger partial charge in [-0.15, -0.1) is 10.2 Å². The summed E-state index contributed by atoms with van der Waals surface area (Å²) in [4.78, 5) is 0. The van der Waals surface area contributed by atoms with Crippen molar-refractivity contribution in [1.82, 2.24) is 14.8 Å². The molecule has 2 aromatic heterocycles. The van der Waals surface area contributed by atoms with Crippen LogP contribution in [0.5, 0.6) is 0 Å². The average Bonchev–Trinajstić information content (AvgIpc) is 3.11. The number of benzene rings is 1. The number of nitrogens with zero attached hydrogens (tertiary/aromatic N) is 4. The number of thioether (sulfide) groups is 1. The van der Waals surface area contributed by atoms with Crippen LogP contribution >= 0.6 is 11.8 Å². The maximum atomic E-state index is 9.13. The Hall–Kier alpha value is -2.52. The second-order valence-electron chi connectivity index (χ2n) is 4.81. The highest BCUT2D eigenvalue weighted by Crippen LogP contribution is 2.28. The van der Waals surface area contributed by atoms with Gasteiger partial charge in [-0.25, -0.2) is 0 Å². The van der Waals surface area contributed by atoms with Crippen molar-refractivity contribution in [3.8, 4) is 17.5 Å². The molecule has 0 unspecified atom stereocenters. The molecule has 0 aliphatic rings. The van der Waals surface area contributed by atoms with E-state index in [1.807, 2.05) is 48.9 Å². The van der Waals surface area contributed by atoms with Gasteiger partial charge >= 0.3 is 0 Å². The van der Waals surface area contributed by atoms with Crippen molar-refractivity contribution in [3.05, 3.63) is 53.5 Å². The van der Waals surface area contributed by atoms with Crippen molar-refractivity contribution in [3.63, 3.8) is 0 Å². The van der Waals surface area contributed by atoms with Crippen molar-refractivity contribution in [2.75, 3.05) is 0 Å². The summed E-state index contributed by atoms with van der Waals surface area (Å²) in [5, 5.41) is 18.4. The fourth-order valence-electron chi connectivity index (χ4n) is 2.19. The first-order chi connectivity index (χ1) is 10.7. The predicted molar refractivity (Wildman–Crippen MR) is 84.2 cm³/mol. The molecule has 0 atom stereocenters. The van der Waals surface area contributed by atoms with Crippen molar-refractivity contribution < 1.29 is 4.42 Å². The summed E-state index contributed by atoms with van der Waals surface area (Å²) in [7, 11) is 1.93. The maximum absolute atomic E-state index is 9.13. The Morgan fingerprint density at radius 3 is 2.82 bits per heavy atom. The molecule has 0 bridgehead atoms. The van der Waals surface area contributed by atoms with Crippen LogP contribution in [0.2, 0.25) is 0 Å².